The number of rotatable bonds is 3. The average Bonchev–Trinajstić information content (AvgIpc) is 2.71. The Morgan fingerprint density at radius 1 is 1.65 bits per heavy atom. The second-order valence-electron chi connectivity index (χ2n) is 3.99. The third-order valence-electron chi connectivity index (χ3n) is 2.91. The van der Waals surface area contributed by atoms with Crippen LogP contribution in [-0.4, -0.2) is 33.2 Å². The molecule has 6 nitrogen and oxygen atoms in total. The molecule has 17 heavy (non-hydrogen) atoms. The number of imidazole rings is 1. The first-order valence-electron chi connectivity index (χ1n) is 5.57. The van der Waals surface area contributed by atoms with E-state index in [0.29, 0.717) is 31.7 Å². The highest BCUT2D eigenvalue weighted by molar-refractivity contribution is 5.88. The SMILES string of the molecule is CCOC(=O)c1ncn2c1CCC(C(=O)O)C2. The van der Waals surface area contributed by atoms with Crippen molar-refractivity contribution in [2.45, 2.75) is 26.3 Å². The number of aliphatic carboxylic acids is 1. The third kappa shape index (κ3) is 2.15. The molecule has 1 unspecified atom stereocenters. The maximum absolute atomic E-state index is 11.6. The highest BCUT2D eigenvalue weighted by Crippen LogP contribution is 2.22. The van der Waals surface area contributed by atoms with E-state index < -0.39 is 17.9 Å². The summed E-state index contributed by atoms with van der Waals surface area (Å²) in [5.74, 6) is -1.64. The van der Waals surface area contributed by atoms with Crippen LogP contribution in [0.1, 0.15) is 29.5 Å². The lowest BCUT2D eigenvalue weighted by molar-refractivity contribution is -0.142. The van der Waals surface area contributed by atoms with Gasteiger partial charge < -0.3 is 14.4 Å². The lowest BCUT2D eigenvalue weighted by Crippen LogP contribution is -2.26. The number of fused-ring (bicyclic) bond motifs is 1. The van der Waals surface area contributed by atoms with Crippen LogP contribution in [0.25, 0.3) is 0 Å². The summed E-state index contributed by atoms with van der Waals surface area (Å²) in [6.45, 7) is 2.42. The molecule has 0 amide bonds. The van der Waals surface area contributed by atoms with E-state index in [4.69, 9.17) is 9.84 Å². The number of carbonyl (C=O) groups is 2. The summed E-state index contributed by atoms with van der Waals surface area (Å²) in [5.41, 5.74) is 1.09. The summed E-state index contributed by atoms with van der Waals surface area (Å²) in [7, 11) is 0. The van der Waals surface area contributed by atoms with Gasteiger partial charge in [0.25, 0.3) is 0 Å². The maximum Gasteiger partial charge on any atom is 0.358 e. The predicted octanol–water partition coefficient (Wildman–Crippen LogP) is 0.707. The minimum atomic E-state index is -0.804. The summed E-state index contributed by atoms with van der Waals surface area (Å²) < 4.78 is 6.63. The number of carbonyl (C=O) groups excluding carboxylic acids is 1. The van der Waals surface area contributed by atoms with Crippen molar-refractivity contribution in [3.05, 3.63) is 17.7 Å². The molecule has 1 aromatic heterocycles. The van der Waals surface area contributed by atoms with Crippen molar-refractivity contribution in [1.82, 2.24) is 9.55 Å². The summed E-state index contributed by atoms with van der Waals surface area (Å²) in [4.78, 5) is 26.5. The first kappa shape index (κ1) is 11.6. The lowest BCUT2D eigenvalue weighted by atomic mass is 9.97. The van der Waals surface area contributed by atoms with Gasteiger partial charge in [-0.3, -0.25) is 4.79 Å². The Morgan fingerprint density at radius 2 is 2.41 bits per heavy atom. The molecule has 92 valence electrons. The molecule has 1 atom stereocenters. The van der Waals surface area contributed by atoms with Gasteiger partial charge in [0.1, 0.15) is 0 Å². The van der Waals surface area contributed by atoms with Crippen LogP contribution in [0.15, 0.2) is 6.33 Å². The third-order valence-corrected chi connectivity index (χ3v) is 2.91. The second-order valence-corrected chi connectivity index (χ2v) is 3.99. The summed E-state index contributed by atoms with van der Waals surface area (Å²) in [6.07, 6.45) is 2.59. The van der Waals surface area contributed by atoms with Crippen LogP contribution < -0.4 is 0 Å². The number of ether oxygens (including phenoxy) is 1. The summed E-state index contributed by atoms with van der Waals surface area (Å²) in [6, 6.07) is 0. The second kappa shape index (κ2) is 4.57. The van der Waals surface area contributed by atoms with E-state index in [-0.39, 0.29) is 0 Å². The van der Waals surface area contributed by atoms with Crippen LogP contribution in [0.4, 0.5) is 0 Å². The van der Waals surface area contributed by atoms with Crippen LogP contribution in [0.2, 0.25) is 0 Å². The zero-order valence-corrected chi connectivity index (χ0v) is 9.55. The van der Waals surface area contributed by atoms with E-state index in [9.17, 15) is 9.59 Å². The van der Waals surface area contributed by atoms with Gasteiger partial charge in [0.15, 0.2) is 5.69 Å². The van der Waals surface area contributed by atoms with Crippen molar-refractivity contribution < 1.29 is 19.4 Å². The number of carboxylic acid groups (broad SMARTS) is 1. The molecule has 0 spiro atoms. The molecule has 1 aromatic rings. The van der Waals surface area contributed by atoms with Gasteiger partial charge in [-0.05, 0) is 19.8 Å². The van der Waals surface area contributed by atoms with E-state index in [1.165, 1.54) is 6.33 Å². The van der Waals surface area contributed by atoms with Crippen LogP contribution in [0.3, 0.4) is 0 Å². The number of hydrogen-bond acceptors (Lipinski definition) is 4. The van der Waals surface area contributed by atoms with Gasteiger partial charge in [0, 0.05) is 6.54 Å². The van der Waals surface area contributed by atoms with Gasteiger partial charge in [0.05, 0.1) is 24.5 Å². The fraction of sp³-hybridized carbons (Fsp3) is 0.545. The van der Waals surface area contributed by atoms with E-state index in [0.717, 1.165) is 5.69 Å². The highest BCUT2D eigenvalue weighted by Gasteiger charge is 2.28. The number of carboxylic acids is 1. The molecule has 2 heterocycles. The standard InChI is InChI=1S/C11H14N2O4/c1-2-17-11(16)9-8-4-3-7(10(14)15)5-13(8)6-12-9/h6-7H,2-5H2,1H3,(H,14,15). The van der Waals surface area contributed by atoms with E-state index >= 15 is 0 Å². The van der Waals surface area contributed by atoms with Gasteiger partial charge in [-0.25, -0.2) is 9.78 Å². The normalized spacial score (nSPS) is 18.5. The smallest absolute Gasteiger partial charge is 0.358 e. The Kier molecular flexibility index (Phi) is 3.12. The molecule has 0 aromatic carbocycles. The van der Waals surface area contributed by atoms with Gasteiger partial charge in [-0.1, -0.05) is 0 Å². The van der Waals surface area contributed by atoms with E-state index in [2.05, 4.69) is 4.98 Å². The molecule has 0 saturated carbocycles. The molecule has 0 aliphatic carbocycles. The molecule has 1 aliphatic rings. The van der Waals surface area contributed by atoms with Gasteiger partial charge in [-0.2, -0.15) is 0 Å². The molecule has 1 aliphatic heterocycles. The van der Waals surface area contributed by atoms with Crippen LogP contribution >= 0.6 is 0 Å². The van der Waals surface area contributed by atoms with Crippen molar-refractivity contribution in [2.75, 3.05) is 6.61 Å². The number of nitrogens with zero attached hydrogens (tertiary/aromatic N) is 2. The van der Waals surface area contributed by atoms with Crippen molar-refractivity contribution in [1.29, 1.82) is 0 Å². The Hall–Kier alpha value is -1.85. The molecular weight excluding hydrogens is 224 g/mol. The summed E-state index contributed by atoms with van der Waals surface area (Å²) >= 11 is 0. The Balaban J connectivity index is 2.21. The molecule has 0 saturated heterocycles. The van der Waals surface area contributed by atoms with Crippen molar-refractivity contribution in [3.63, 3.8) is 0 Å². The largest absolute Gasteiger partial charge is 0.481 e. The molecule has 6 heteroatoms. The molecule has 1 N–H and O–H groups in total. The minimum Gasteiger partial charge on any atom is -0.481 e. The summed E-state index contributed by atoms with van der Waals surface area (Å²) in [5, 5.41) is 8.94. The first-order chi connectivity index (χ1) is 8.13. The van der Waals surface area contributed by atoms with Crippen molar-refractivity contribution in [2.24, 2.45) is 5.92 Å². The molecule has 0 bridgehead atoms. The average molecular weight is 238 g/mol. The van der Waals surface area contributed by atoms with Crippen LogP contribution in [0.5, 0.6) is 0 Å². The minimum absolute atomic E-state index is 0.308. The molecule has 0 fully saturated rings. The van der Waals surface area contributed by atoms with Crippen LogP contribution in [0, 0.1) is 5.92 Å². The van der Waals surface area contributed by atoms with Gasteiger partial charge in [0.2, 0.25) is 0 Å². The number of esters is 1. The Labute approximate surface area is 98.2 Å². The van der Waals surface area contributed by atoms with Gasteiger partial charge >= 0.3 is 11.9 Å². The number of aromatic nitrogens is 2. The fourth-order valence-electron chi connectivity index (χ4n) is 2.04. The highest BCUT2D eigenvalue weighted by atomic mass is 16.5. The maximum atomic E-state index is 11.6. The lowest BCUT2D eigenvalue weighted by Gasteiger charge is -2.21. The zero-order chi connectivity index (χ0) is 12.4. The van der Waals surface area contributed by atoms with Crippen LogP contribution in [-0.2, 0) is 22.5 Å². The van der Waals surface area contributed by atoms with Crippen molar-refractivity contribution in [3.8, 4) is 0 Å². The quantitative estimate of drug-likeness (QED) is 0.784. The number of hydrogen-bond donors (Lipinski definition) is 1. The van der Waals surface area contributed by atoms with E-state index in [1.807, 2.05) is 0 Å². The predicted molar refractivity (Wildman–Crippen MR) is 57.6 cm³/mol. The van der Waals surface area contributed by atoms with Gasteiger partial charge in [-0.15, -0.1) is 0 Å². The zero-order valence-electron chi connectivity index (χ0n) is 9.55. The first-order valence-corrected chi connectivity index (χ1v) is 5.57. The van der Waals surface area contributed by atoms with E-state index in [1.54, 1.807) is 11.5 Å². The fourth-order valence-corrected chi connectivity index (χ4v) is 2.04. The molecule has 2 rings (SSSR count). The topological polar surface area (TPSA) is 81.4 Å². The molecular formula is C11H14N2O4. The Bertz CT molecular complexity index is 452. The Morgan fingerprint density at radius 3 is 3.06 bits per heavy atom. The monoisotopic (exact) mass is 238 g/mol. The van der Waals surface area contributed by atoms with Crippen molar-refractivity contribution >= 4 is 11.9 Å². The molecule has 0 radical (unpaired) electrons.